The van der Waals surface area contributed by atoms with Crippen LogP contribution in [-0.4, -0.2) is 48.2 Å². The number of pyridine rings is 3. The van der Waals surface area contributed by atoms with Crippen molar-refractivity contribution in [2.24, 2.45) is 7.05 Å². The molecule has 0 aliphatic carbocycles. The van der Waals surface area contributed by atoms with Crippen molar-refractivity contribution in [3.63, 3.8) is 0 Å². The maximum absolute atomic E-state index is 14.9. The van der Waals surface area contributed by atoms with Crippen LogP contribution in [0.15, 0.2) is 138 Å². The fraction of sp³-hybridized carbons (Fsp3) is 0.0698. The Hall–Kier alpha value is -7.88. The minimum Gasteiger partial charge on any atom is -0.300 e. The number of hydrogen-bond donors (Lipinski definition) is 0. The van der Waals surface area contributed by atoms with Gasteiger partial charge in [-0.1, -0.05) is 18.2 Å². The first-order chi connectivity index (χ1) is 28.6. The van der Waals surface area contributed by atoms with E-state index in [4.69, 9.17) is 0 Å². The Morgan fingerprint density at radius 2 is 1.29 bits per heavy atom. The van der Waals surface area contributed by atoms with Crippen molar-refractivity contribution in [3.05, 3.63) is 184 Å². The Labute approximate surface area is 330 Å². The highest BCUT2D eigenvalue weighted by atomic mass is 19.1. The third-order valence-electron chi connectivity index (χ3n) is 9.84. The number of hydrogen-bond acceptors (Lipinski definition) is 8. The highest BCUT2D eigenvalue weighted by Gasteiger charge is 2.18. The van der Waals surface area contributed by atoms with E-state index in [9.17, 15) is 27.2 Å². The molecule has 3 aromatic carbocycles. The van der Waals surface area contributed by atoms with Gasteiger partial charge in [-0.3, -0.25) is 32.8 Å². The standard InChI is InChI=1S/C22H15F2N5O.C21H13F2N5O/c1-28-10-15-14(4-2-5-19(15)27-28)13-8-17(23)16(18(24)9-13)11-29-12-26-20-6-3-7-25-21(20)22(29)30;22-16-7-13(19-10-25-20-3-1-2-6-28(19)20)8-17(23)15(16)11-27-12-26-18-9-24-5-4-14(18)21(27)29/h2-10,12H,11H2,1H3;1-10,12H,11H2. The molecule has 0 unspecified atom stereocenters. The van der Waals surface area contributed by atoms with Crippen LogP contribution in [0.1, 0.15) is 11.1 Å². The molecule has 0 bridgehead atoms. The Bertz CT molecular complexity index is 3330. The third kappa shape index (κ3) is 6.85. The lowest BCUT2D eigenvalue weighted by atomic mass is 10.00. The summed E-state index contributed by atoms with van der Waals surface area (Å²) in [4.78, 5) is 45.7. The van der Waals surface area contributed by atoms with Crippen molar-refractivity contribution < 1.29 is 17.6 Å². The number of imidazole rings is 1. The van der Waals surface area contributed by atoms with E-state index in [-0.39, 0.29) is 35.3 Å². The predicted octanol–water partition coefficient (Wildman–Crippen LogP) is 7.10. The van der Waals surface area contributed by atoms with Crippen molar-refractivity contribution in [1.29, 1.82) is 0 Å². The first-order valence-electron chi connectivity index (χ1n) is 18.0. The number of aryl methyl sites for hydroxylation is 1. The second-order valence-corrected chi connectivity index (χ2v) is 13.6. The van der Waals surface area contributed by atoms with Gasteiger partial charge in [-0.25, -0.2) is 37.5 Å². The zero-order valence-corrected chi connectivity index (χ0v) is 30.8. The van der Waals surface area contributed by atoms with Gasteiger partial charge >= 0.3 is 0 Å². The van der Waals surface area contributed by atoms with Crippen molar-refractivity contribution >= 4 is 38.5 Å². The molecule has 7 heterocycles. The quantitative estimate of drug-likeness (QED) is 0.163. The minimum absolute atomic E-state index is 0.153. The van der Waals surface area contributed by atoms with E-state index in [0.29, 0.717) is 44.5 Å². The summed E-state index contributed by atoms with van der Waals surface area (Å²) in [5.74, 6) is -2.96. The summed E-state index contributed by atoms with van der Waals surface area (Å²) < 4.78 is 65.2. The molecule has 0 atom stereocenters. The molecule has 7 aromatic heterocycles. The van der Waals surface area contributed by atoms with Crippen LogP contribution in [0.2, 0.25) is 0 Å². The Morgan fingerprint density at radius 3 is 2.03 bits per heavy atom. The van der Waals surface area contributed by atoms with Crippen LogP contribution in [0.3, 0.4) is 0 Å². The monoisotopic (exact) mass is 792 g/mol. The maximum atomic E-state index is 14.9. The number of halogens is 4. The van der Waals surface area contributed by atoms with Gasteiger partial charge in [0.1, 0.15) is 28.9 Å². The maximum Gasteiger partial charge on any atom is 0.280 e. The van der Waals surface area contributed by atoms with Gasteiger partial charge in [0.05, 0.1) is 65.8 Å². The molecule has 0 radical (unpaired) electrons. The molecule has 59 heavy (non-hydrogen) atoms. The zero-order valence-electron chi connectivity index (χ0n) is 30.8. The highest BCUT2D eigenvalue weighted by Crippen LogP contribution is 2.31. The van der Waals surface area contributed by atoms with Crippen LogP contribution < -0.4 is 11.1 Å². The smallest absolute Gasteiger partial charge is 0.280 e. The van der Waals surface area contributed by atoms with Crippen LogP contribution in [0.4, 0.5) is 17.6 Å². The molecular formula is C43H28F4N10O2. The number of fused-ring (bicyclic) bond motifs is 4. The van der Waals surface area contributed by atoms with Crippen LogP contribution in [0.5, 0.6) is 0 Å². The second-order valence-electron chi connectivity index (χ2n) is 13.6. The van der Waals surface area contributed by atoms with Crippen LogP contribution in [-0.2, 0) is 20.1 Å². The second kappa shape index (κ2) is 14.9. The molecule has 0 N–H and O–H groups in total. The van der Waals surface area contributed by atoms with Gasteiger partial charge < -0.3 is 0 Å². The van der Waals surface area contributed by atoms with Gasteiger partial charge in [-0.05, 0) is 71.8 Å². The number of benzene rings is 3. The lowest BCUT2D eigenvalue weighted by Gasteiger charge is -2.11. The fourth-order valence-electron chi connectivity index (χ4n) is 6.93. The molecule has 0 amide bonds. The molecule has 0 aliphatic heterocycles. The van der Waals surface area contributed by atoms with Crippen LogP contribution in [0, 0.1) is 23.3 Å². The van der Waals surface area contributed by atoms with Gasteiger partial charge in [0.15, 0.2) is 5.52 Å². The van der Waals surface area contributed by atoms with E-state index >= 15 is 0 Å². The summed E-state index contributed by atoms with van der Waals surface area (Å²) in [6.07, 6.45) is 12.1. The average molecular weight is 793 g/mol. The molecule has 16 heteroatoms. The number of aromatic nitrogens is 10. The molecule has 290 valence electrons. The summed E-state index contributed by atoms with van der Waals surface area (Å²) in [7, 11) is 1.79. The summed E-state index contributed by atoms with van der Waals surface area (Å²) in [5.41, 5.74) is 3.17. The molecule has 0 saturated heterocycles. The normalized spacial score (nSPS) is 11.4. The molecular weight excluding hydrogens is 765 g/mol. The Morgan fingerprint density at radius 1 is 0.610 bits per heavy atom. The average Bonchev–Trinajstić information content (AvgIpc) is 3.85. The third-order valence-corrected chi connectivity index (χ3v) is 9.84. The van der Waals surface area contributed by atoms with Crippen LogP contribution >= 0.6 is 0 Å². The minimum atomic E-state index is -0.743. The predicted molar refractivity (Wildman–Crippen MR) is 212 cm³/mol. The summed E-state index contributed by atoms with van der Waals surface area (Å²) in [6.45, 7) is -0.553. The number of nitrogens with zero attached hydrogens (tertiary/aromatic N) is 10. The molecule has 12 nitrogen and oxygen atoms in total. The molecule has 10 aromatic rings. The summed E-state index contributed by atoms with van der Waals surface area (Å²) >= 11 is 0. The van der Waals surface area contributed by atoms with Gasteiger partial charge in [0.2, 0.25) is 0 Å². The van der Waals surface area contributed by atoms with E-state index in [1.807, 2.05) is 24.4 Å². The molecule has 0 spiro atoms. The van der Waals surface area contributed by atoms with Crippen molar-refractivity contribution in [2.75, 3.05) is 0 Å². The van der Waals surface area contributed by atoms with E-state index in [0.717, 1.165) is 15.5 Å². The van der Waals surface area contributed by atoms with Gasteiger partial charge in [-0.15, -0.1) is 0 Å². The Kier molecular flexibility index (Phi) is 9.27. The van der Waals surface area contributed by atoms with Gasteiger partial charge in [0.25, 0.3) is 11.1 Å². The van der Waals surface area contributed by atoms with Gasteiger partial charge in [0, 0.05) is 53.9 Å². The zero-order chi connectivity index (χ0) is 40.8. The first kappa shape index (κ1) is 36.7. The Balaban J connectivity index is 0.000000152. The van der Waals surface area contributed by atoms with Crippen molar-refractivity contribution in [1.82, 2.24) is 48.2 Å². The summed E-state index contributed by atoms with van der Waals surface area (Å²) in [5, 5.41) is 5.47. The fourth-order valence-corrected chi connectivity index (χ4v) is 6.93. The first-order valence-corrected chi connectivity index (χ1v) is 18.0. The van der Waals surface area contributed by atoms with Crippen LogP contribution in [0.25, 0.3) is 60.9 Å². The summed E-state index contributed by atoms with van der Waals surface area (Å²) in [6, 6.07) is 20.8. The largest absolute Gasteiger partial charge is 0.300 e. The van der Waals surface area contributed by atoms with E-state index < -0.39 is 28.8 Å². The van der Waals surface area contributed by atoms with E-state index in [2.05, 4.69) is 30.0 Å². The van der Waals surface area contributed by atoms with Crippen molar-refractivity contribution in [3.8, 4) is 22.4 Å². The topological polar surface area (TPSA) is 131 Å². The van der Waals surface area contributed by atoms with Gasteiger partial charge in [-0.2, -0.15) is 5.10 Å². The number of rotatable bonds is 6. The lowest BCUT2D eigenvalue weighted by Crippen LogP contribution is -2.23. The van der Waals surface area contributed by atoms with E-state index in [1.54, 1.807) is 58.9 Å². The highest BCUT2D eigenvalue weighted by molar-refractivity contribution is 5.94. The van der Waals surface area contributed by atoms with E-state index in [1.165, 1.54) is 66.1 Å². The van der Waals surface area contributed by atoms with Crippen molar-refractivity contribution in [2.45, 2.75) is 13.1 Å². The lowest BCUT2D eigenvalue weighted by molar-refractivity contribution is 0.541. The molecule has 10 rings (SSSR count). The molecule has 0 fully saturated rings. The molecule has 0 aliphatic rings. The SMILES string of the molecule is Cn1cc2c(-c3cc(F)c(Cn4cnc5cccnc5c4=O)c(F)c3)cccc2n1.O=c1c2ccncc2ncn1Cc1c(F)cc(-c2cnc3ccccn23)cc1F. The molecule has 0 saturated carbocycles.